The van der Waals surface area contributed by atoms with Gasteiger partial charge in [-0.2, -0.15) is 0 Å². The fourth-order valence-electron chi connectivity index (χ4n) is 4.15. The van der Waals surface area contributed by atoms with Gasteiger partial charge in [0.2, 0.25) is 0 Å². The lowest BCUT2D eigenvalue weighted by atomic mass is 9.87. The highest BCUT2D eigenvalue weighted by Crippen LogP contribution is 2.28. The maximum Gasteiger partial charge on any atom is 0.106 e. The van der Waals surface area contributed by atoms with Crippen molar-refractivity contribution in [2.45, 2.75) is 38.0 Å². The summed E-state index contributed by atoms with van der Waals surface area (Å²) in [6.07, 6.45) is 10.9. The van der Waals surface area contributed by atoms with Crippen LogP contribution in [0.1, 0.15) is 47.0 Å². The van der Waals surface area contributed by atoms with Gasteiger partial charge in [0.25, 0.3) is 0 Å². The number of hydrogen-bond acceptors (Lipinski definition) is 3. The molecule has 32 heavy (non-hydrogen) atoms. The molecule has 0 atom stereocenters. The van der Waals surface area contributed by atoms with E-state index in [-0.39, 0.29) is 0 Å². The molecule has 0 saturated carbocycles. The Balaban J connectivity index is 1.22. The third-order valence-corrected chi connectivity index (χ3v) is 5.87. The van der Waals surface area contributed by atoms with Gasteiger partial charge in [-0.25, -0.2) is 4.98 Å². The third kappa shape index (κ3) is 6.63. The Morgan fingerprint density at radius 3 is 2.19 bits per heavy atom. The Labute approximate surface area is 191 Å². The van der Waals surface area contributed by atoms with Crippen LogP contribution in [0, 0.1) is 0 Å². The number of benzene rings is 2. The fraction of sp³-hybridized carbons (Fsp3) is 0.286. The zero-order valence-electron chi connectivity index (χ0n) is 18.6. The number of nitrogens with one attached hydrogen (secondary N) is 2. The first-order chi connectivity index (χ1) is 15.9. The zero-order chi connectivity index (χ0) is 21.8. The lowest BCUT2D eigenvalue weighted by molar-refractivity contribution is 0.642. The lowest BCUT2D eigenvalue weighted by Gasteiger charge is -2.17. The molecule has 0 bridgehead atoms. The largest absolute Gasteiger partial charge is 0.346 e. The fourth-order valence-corrected chi connectivity index (χ4v) is 4.15. The second-order valence-electron chi connectivity index (χ2n) is 8.23. The summed E-state index contributed by atoms with van der Waals surface area (Å²) in [7, 11) is 0. The molecule has 0 fully saturated rings. The van der Waals surface area contributed by atoms with Crippen molar-refractivity contribution >= 4 is 0 Å². The molecule has 0 saturated heterocycles. The first-order valence-corrected chi connectivity index (χ1v) is 11.6. The van der Waals surface area contributed by atoms with Gasteiger partial charge in [-0.3, -0.25) is 4.98 Å². The number of hydrogen-bond donors (Lipinski definition) is 2. The van der Waals surface area contributed by atoms with Crippen LogP contribution in [0.25, 0.3) is 0 Å². The van der Waals surface area contributed by atoms with Gasteiger partial charge in [0, 0.05) is 49.6 Å². The van der Waals surface area contributed by atoms with Gasteiger partial charge in [0.1, 0.15) is 5.82 Å². The number of aromatic amines is 1. The third-order valence-electron chi connectivity index (χ3n) is 5.87. The molecule has 4 heteroatoms. The van der Waals surface area contributed by atoms with Crippen molar-refractivity contribution < 1.29 is 0 Å². The predicted octanol–water partition coefficient (Wildman–Crippen LogP) is 5.33. The molecule has 0 aliphatic heterocycles. The predicted molar refractivity (Wildman–Crippen MR) is 131 cm³/mol. The van der Waals surface area contributed by atoms with Crippen molar-refractivity contribution in [1.82, 2.24) is 20.3 Å². The summed E-state index contributed by atoms with van der Waals surface area (Å²) in [5, 5.41) is 3.54. The Kier molecular flexibility index (Phi) is 8.22. The topological polar surface area (TPSA) is 53.6 Å². The number of pyridine rings is 1. The molecule has 0 radical (unpaired) electrons. The first kappa shape index (κ1) is 22.0. The molecular weight excluding hydrogens is 392 g/mol. The van der Waals surface area contributed by atoms with Crippen LogP contribution in [-0.4, -0.2) is 28.0 Å². The van der Waals surface area contributed by atoms with E-state index in [9.17, 15) is 0 Å². The van der Waals surface area contributed by atoms with E-state index >= 15 is 0 Å². The minimum Gasteiger partial charge on any atom is -0.346 e. The summed E-state index contributed by atoms with van der Waals surface area (Å²) in [5.41, 5.74) is 5.23. The van der Waals surface area contributed by atoms with Crippen LogP contribution in [0.5, 0.6) is 0 Å². The van der Waals surface area contributed by atoms with Crippen LogP contribution in [-0.2, 0) is 19.3 Å². The Hall–Kier alpha value is -3.24. The van der Waals surface area contributed by atoms with E-state index in [1.165, 1.54) is 22.4 Å². The standard InChI is InChI=1S/C28H32N4/c1-3-11-24(12-4-1)27(25-13-5-2-6-14-25)15-16-28-31-22-26(32-28)17-20-29-18-7-9-23-10-8-19-30-21-23/h1-6,8,10-14,19,21-22,27,29H,7,9,15-18,20H2,(H,31,32). The van der Waals surface area contributed by atoms with Crippen molar-refractivity contribution in [2.75, 3.05) is 13.1 Å². The molecule has 0 aliphatic carbocycles. The van der Waals surface area contributed by atoms with Gasteiger partial charge in [-0.15, -0.1) is 0 Å². The van der Waals surface area contributed by atoms with Crippen LogP contribution in [0.15, 0.2) is 91.4 Å². The summed E-state index contributed by atoms with van der Waals surface area (Å²) in [6.45, 7) is 1.98. The summed E-state index contributed by atoms with van der Waals surface area (Å²) in [5.74, 6) is 1.46. The Morgan fingerprint density at radius 1 is 0.750 bits per heavy atom. The smallest absolute Gasteiger partial charge is 0.106 e. The van der Waals surface area contributed by atoms with Gasteiger partial charge in [0.05, 0.1) is 0 Å². The minimum atomic E-state index is 0.382. The molecule has 2 aromatic carbocycles. The van der Waals surface area contributed by atoms with E-state index in [1.54, 1.807) is 0 Å². The normalized spacial score (nSPS) is 11.2. The molecule has 164 valence electrons. The van der Waals surface area contributed by atoms with Crippen LogP contribution >= 0.6 is 0 Å². The van der Waals surface area contributed by atoms with E-state index in [0.29, 0.717) is 5.92 Å². The molecule has 2 heterocycles. The minimum absolute atomic E-state index is 0.382. The monoisotopic (exact) mass is 424 g/mol. The van der Waals surface area contributed by atoms with Gasteiger partial charge in [0.15, 0.2) is 0 Å². The highest BCUT2D eigenvalue weighted by atomic mass is 14.9. The van der Waals surface area contributed by atoms with Crippen molar-refractivity contribution in [2.24, 2.45) is 0 Å². The van der Waals surface area contributed by atoms with Crippen LogP contribution in [0.2, 0.25) is 0 Å². The van der Waals surface area contributed by atoms with Crippen LogP contribution in [0.3, 0.4) is 0 Å². The first-order valence-electron chi connectivity index (χ1n) is 11.6. The average Bonchev–Trinajstić information content (AvgIpc) is 3.31. The molecule has 2 N–H and O–H groups in total. The zero-order valence-corrected chi connectivity index (χ0v) is 18.6. The second-order valence-corrected chi connectivity index (χ2v) is 8.23. The Morgan fingerprint density at radius 2 is 1.50 bits per heavy atom. The van der Waals surface area contributed by atoms with Gasteiger partial charge in [-0.1, -0.05) is 66.7 Å². The maximum absolute atomic E-state index is 4.64. The number of aryl methyl sites for hydroxylation is 2. The Bertz CT molecular complexity index is 989. The van der Waals surface area contributed by atoms with Gasteiger partial charge < -0.3 is 10.3 Å². The van der Waals surface area contributed by atoms with Gasteiger partial charge >= 0.3 is 0 Å². The summed E-state index contributed by atoms with van der Waals surface area (Å²) in [6, 6.07) is 25.7. The van der Waals surface area contributed by atoms with Crippen molar-refractivity contribution in [3.8, 4) is 0 Å². The van der Waals surface area contributed by atoms with E-state index in [4.69, 9.17) is 0 Å². The highest BCUT2D eigenvalue weighted by Gasteiger charge is 2.14. The van der Waals surface area contributed by atoms with Gasteiger partial charge in [-0.05, 0) is 48.6 Å². The molecule has 0 amide bonds. The molecule has 0 unspecified atom stereocenters. The second kappa shape index (κ2) is 12.0. The van der Waals surface area contributed by atoms with E-state index in [1.807, 2.05) is 24.7 Å². The molecule has 0 spiro atoms. The highest BCUT2D eigenvalue weighted by molar-refractivity contribution is 5.32. The van der Waals surface area contributed by atoms with E-state index < -0.39 is 0 Å². The molecule has 4 rings (SSSR count). The lowest BCUT2D eigenvalue weighted by Crippen LogP contribution is -2.19. The molecule has 2 aromatic heterocycles. The number of imidazole rings is 1. The summed E-state index contributed by atoms with van der Waals surface area (Å²) < 4.78 is 0. The van der Waals surface area contributed by atoms with Crippen molar-refractivity contribution in [3.63, 3.8) is 0 Å². The van der Waals surface area contributed by atoms with Crippen LogP contribution < -0.4 is 5.32 Å². The average molecular weight is 425 g/mol. The number of rotatable bonds is 12. The number of nitrogens with zero attached hydrogens (tertiary/aromatic N) is 2. The SMILES string of the molecule is c1ccc(C(CCc2ncc(CCNCCCc3cccnc3)[nH]2)c2ccccc2)cc1. The van der Waals surface area contributed by atoms with Crippen LogP contribution in [0.4, 0.5) is 0 Å². The van der Waals surface area contributed by atoms with Crippen molar-refractivity contribution in [1.29, 1.82) is 0 Å². The molecule has 4 nitrogen and oxygen atoms in total. The number of aromatic nitrogens is 3. The number of H-pyrrole nitrogens is 1. The molecule has 4 aromatic rings. The summed E-state index contributed by atoms with van der Waals surface area (Å²) in [4.78, 5) is 12.3. The van der Waals surface area contributed by atoms with Crippen molar-refractivity contribution in [3.05, 3.63) is 120 Å². The molecule has 0 aliphatic rings. The maximum atomic E-state index is 4.64. The quantitative estimate of drug-likeness (QED) is 0.302. The summed E-state index contributed by atoms with van der Waals surface area (Å²) >= 11 is 0. The van der Waals surface area contributed by atoms with E-state index in [2.05, 4.69) is 87.0 Å². The van der Waals surface area contributed by atoms with E-state index in [0.717, 1.165) is 51.0 Å². The molecular formula is C28H32N4.